The van der Waals surface area contributed by atoms with E-state index in [4.69, 9.17) is 23.2 Å². The van der Waals surface area contributed by atoms with Crippen LogP contribution in [0.3, 0.4) is 0 Å². The lowest BCUT2D eigenvalue weighted by molar-refractivity contribution is 0.484. The zero-order valence-corrected chi connectivity index (χ0v) is 15.8. The molecular formula is C11H13Br2Cl2NO2S. The Balaban J connectivity index is 3.21. The van der Waals surface area contributed by atoms with Crippen molar-refractivity contribution in [3.8, 4) is 0 Å². The van der Waals surface area contributed by atoms with Crippen LogP contribution in [0.15, 0.2) is 21.5 Å². The average molecular weight is 454 g/mol. The van der Waals surface area contributed by atoms with Crippen LogP contribution in [0.4, 0.5) is 0 Å². The second-order valence-electron chi connectivity index (χ2n) is 4.32. The van der Waals surface area contributed by atoms with Crippen molar-refractivity contribution in [2.45, 2.75) is 24.8 Å². The molecule has 0 bridgehead atoms. The molecule has 1 rings (SSSR count). The maximum absolute atomic E-state index is 12.3. The molecular weight excluding hydrogens is 441 g/mol. The lowest BCUT2D eigenvalue weighted by atomic mass is 10.1. The molecule has 0 saturated carbocycles. The summed E-state index contributed by atoms with van der Waals surface area (Å²) in [5, 5.41) is 0.684. The van der Waals surface area contributed by atoms with Crippen LogP contribution in [0.1, 0.15) is 13.8 Å². The van der Waals surface area contributed by atoms with E-state index in [1.54, 1.807) is 0 Å². The molecule has 1 unspecified atom stereocenters. The number of halogens is 4. The van der Waals surface area contributed by atoms with Gasteiger partial charge in [-0.3, -0.25) is 0 Å². The minimum atomic E-state index is -3.76. The summed E-state index contributed by atoms with van der Waals surface area (Å²) in [5.41, 5.74) is 0. The third-order valence-electron chi connectivity index (χ3n) is 2.51. The van der Waals surface area contributed by atoms with E-state index in [0.717, 1.165) is 0 Å². The highest BCUT2D eigenvalue weighted by Gasteiger charge is 2.26. The summed E-state index contributed by atoms with van der Waals surface area (Å²) in [6.45, 7) is 3.86. The molecule has 0 fully saturated rings. The highest BCUT2D eigenvalue weighted by molar-refractivity contribution is 9.10. The van der Waals surface area contributed by atoms with Crippen molar-refractivity contribution in [3.63, 3.8) is 0 Å². The van der Waals surface area contributed by atoms with Crippen molar-refractivity contribution in [2.24, 2.45) is 5.92 Å². The minimum absolute atomic E-state index is 0.0870. The molecule has 0 aliphatic carbocycles. The van der Waals surface area contributed by atoms with Crippen molar-refractivity contribution >= 4 is 65.1 Å². The highest BCUT2D eigenvalue weighted by Crippen LogP contribution is 2.33. The van der Waals surface area contributed by atoms with Crippen molar-refractivity contribution in [2.75, 3.05) is 5.33 Å². The Morgan fingerprint density at radius 2 is 1.74 bits per heavy atom. The van der Waals surface area contributed by atoms with Gasteiger partial charge in [-0.05, 0) is 18.1 Å². The summed E-state index contributed by atoms with van der Waals surface area (Å²) in [6.07, 6.45) is 0. The van der Waals surface area contributed by atoms with Crippen LogP contribution in [0.2, 0.25) is 10.0 Å². The molecule has 0 aromatic heterocycles. The fourth-order valence-electron chi connectivity index (χ4n) is 1.39. The Kier molecular flexibility index (Phi) is 6.61. The quantitative estimate of drug-likeness (QED) is 0.669. The molecule has 1 aromatic rings. The largest absolute Gasteiger partial charge is 0.243 e. The first-order chi connectivity index (χ1) is 8.69. The molecule has 0 amide bonds. The predicted octanol–water partition coefficient (Wildman–Crippen LogP) is 4.45. The van der Waals surface area contributed by atoms with Gasteiger partial charge in [0.1, 0.15) is 4.90 Å². The first kappa shape index (κ1) is 17.7. The SMILES string of the molecule is CC(C)C(CBr)NS(=O)(=O)c1c(Cl)cc(Br)cc1Cl. The van der Waals surface area contributed by atoms with E-state index in [9.17, 15) is 8.42 Å². The second kappa shape index (κ2) is 7.09. The van der Waals surface area contributed by atoms with Crippen LogP contribution in [-0.4, -0.2) is 19.8 Å². The number of sulfonamides is 1. The number of rotatable bonds is 5. The minimum Gasteiger partial charge on any atom is -0.207 e. The first-order valence-electron chi connectivity index (χ1n) is 5.42. The molecule has 1 atom stereocenters. The van der Waals surface area contributed by atoms with Gasteiger partial charge in [0.05, 0.1) is 10.0 Å². The number of alkyl halides is 1. The molecule has 3 nitrogen and oxygen atoms in total. The Hall–Kier alpha value is 0.670. The van der Waals surface area contributed by atoms with Gasteiger partial charge in [0.15, 0.2) is 0 Å². The molecule has 19 heavy (non-hydrogen) atoms. The fraction of sp³-hybridized carbons (Fsp3) is 0.455. The topological polar surface area (TPSA) is 46.2 Å². The molecule has 0 spiro atoms. The summed E-state index contributed by atoms with van der Waals surface area (Å²) in [4.78, 5) is -0.0920. The lowest BCUT2D eigenvalue weighted by Crippen LogP contribution is -2.39. The molecule has 0 heterocycles. The Bertz CT molecular complexity index is 541. The van der Waals surface area contributed by atoms with Gasteiger partial charge >= 0.3 is 0 Å². The zero-order valence-electron chi connectivity index (χ0n) is 10.3. The summed E-state index contributed by atoms with van der Waals surface area (Å²) in [5.74, 6) is 0.141. The third kappa shape index (κ3) is 4.58. The van der Waals surface area contributed by atoms with E-state index in [-0.39, 0.29) is 26.9 Å². The van der Waals surface area contributed by atoms with Crippen LogP contribution in [-0.2, 0) is 10.0 Å². The van der Waals surface area contributed by atoms with Crippen molar-refractivity contribution in [1.82, 2.24) is 4.72 Å². The van der Waals surface area contributed by atoms with Crippen LogP contribution in [0.25, 0.3) is 0 Å². The maximum Gasteiger partial charge on any atom is 0.243 e. The summed E-state index contributed by atoms with van der Waals surface area (Å²) in [6, 6.07) is 2.77. The summed E-state index contributed by atoms with van der Waals surface area (Å²) >= 11 is 18.5. The molecule has 0 radical (unpaired) electrons. The Morgan fingerprint density at radius 3 is 2.11 bits per heavy atom. The predicted molar refractivity (Wildman–Crippen MR) is 86.9 cm³/mol. The lowest BCUT2D eigenvalue weighted by Gasteiger charge is -2.20. The molecule has 8 heteroatoms. The third-order valence-corrected chi connectivity index (χ3v) is 6.08. The fourth-order valence-corrected chi connectivity index (χ4v) is 5.83. The van der Waals surface area contributed by atoms with E-state index >= 15 is 0 Å². The molecule has 0 saturated heterocycles. The van der Waals surface area contributed by atoms with Gasteiger partial charge in [-0.15, -0.1) is 0 Å². The first-order valence-corrected chi connectivity index (χ1v) is 9.57. The second-order valence-corrected chi connectivity index (χ2v) is 8.35. The van der Waals surface area contributed by atoms with Crippen LogP contribution >= 0.6 is 55.1 Å². The highest BCUT2D eigenvalue weighted by atomic mass is 79.9. The van der Waals surface area contributed by atoms with Gasteiger partial charge in [-0.25, -0.2) is 13.1 Å². The van der Waals surface area contributed by atoms with Gasteiger partial charge < -0.3 is 0 Å². The molecule has 1 N–H and O–H groups in total. The molecule has 0 aliphatic heterocycles. The zero-order chi connectivity index (χ0) is 14.8. The summed E-state index contributed by atoms with van der Waals surface area (Å²) < 4.78 is 27.9. The van der Waals surface area contributed by atoms with Gasteiger partial charge in [0.25, 0.3) is 0 Å². The number of hydrogen-bond donors (Lipinski definition) is 1. The van der Waals surface area contributed by atoms with Gasteiger partial charge in [-0.1, -0.05) is 68.9 Å². The smallest absolute Gasteiger partial charge is 0.207 e. The molecule has 1 aromatic carbocycles. The summed E-state index contributed by atoms with van der Waals surface area (Å²) in [7, 11) is -3.76. The van der Waals surface area contributed by atoms with E-state index in [2.05, 4.69) is 36.6 Å². The Morgan fingerprint density at radius 1 is 1.26 bits per heavy atom. The standard InChI is InChI=1S/C11H13Br2Cl2NO2S/c1-6(2)10(5-12)16-19(17,18)11-8(14)3-7(13)4-9(11)15/h3-4,6,10,16H,5H2,1-2H3. The van der Waals surface area contributed by atoms with Crippen LogP contribution in [0, 0.1) is 5.92 Å². The number of hydrogen-bond acceptors (Lipinski definition) is 2. The van der Waals surface area contributed by atoms with Gasteiger partial charge in [0.2, 0.25) is 10.0 Å². The van der Waals surface area contributed by atoms with Gasteiger partial charge in [0, 0.05) is 15.8 Å². The van der Waals surface area contributed by atoms with Crippen molar-refractivity contribution in [1.29, 1.82) is 0 Å². The van der Waals surface area contributed by atoms with Crippen molar-refractivity contribution in [3.05, 3.63) is 26.7 Å². The van der Waals surface area contributed by atoms with Gasteiger partial charge in [-0.2, -0.15) is 0 Å². The van der Waals surface area contributed by atoms with E-state index in [1.807, 2.05) is 13.8 Å². The van der Waals surface area contributed by atoms with E-state index in [0.29, 0.717) is 9.80 Å². The van der Waals surface area contributed by atoms with Crippen molar-refractivity contribution < 1.29 is 8.42 Å². The average Bonchev–Trinajstić information content (AvgIpc) is 2.23. The molecule has 108 valence electrons. The monoisotopic (exact) mass is 451 g/mol. The van der Waals surface area contributed by atoms with Crippen LogP contribution < -0.4 is 4.72 Å². The van der Waals surface area contributed by atoms with E-state index < -0.39 is 10.0 Å². The Labute approximate surface area is 140 Å². The number of nitrogens with one attached hydrogen (secondary N) is 1. The number of benzene rings is 1. The van der Waals surface area contributed by atoms with E-state index in [1.165, 1.54) is 12.1 Å². The molecule has 0 aliphatic rings. The maximum atomic E-state index is 12.3. The normalized spacial score (nSPS) is 13.8. The van der Waals surface area contributed by atoms with Crippen LogP contribution in [0.5, 0.6) is 0 Å².